The highest BCUT2D eigenvalue weighted by Gasteiger charge is 2.01. The van der Waals surface area contributed by atoms with Gasteiger partial charge in [0, 0.05) is 5.88 Å². The van der Waals surface area contributed by atoms with Gasteiger partial charge in [-0.3, -0.25) is 0 Å². The Labute approximate surface area is 76.7 Å². The number of benzene rings is 1. The lowest BCUT2D eigenvalue weighted by molar-refractivity contribution is 0.318. The maximum atomic E-state index is 9.29. The van der Waals surface area contributed by atoms with E-state index in [1.807, 2.05) is 6.92 Å². The fourth-order valence-electron chi connectivity index (χ4n) is 0.913. The Morgan fingerprint density at radius 1 is 1.50 bits per heavy atom. The number of alkyl halides is 1. The van der Waals surface area contributed by atoms with Crippen LogP contribution >= 0.6 is 11.6 Å². The molecule has 0 unspecified atom stereocenters. The van der Waals surface area contributed by atoms with Crippen molar-refractivity contribution in [2.75, 3.05) is 6.61 Å². The summed E-state index contributed by atoms with van der Waals surface area (Å²) in [4.78, 5) is 0. The van der Waals surface area contributed by atoms with Crippen molar-refractivity contribution in [3.8, 4) is 11.5 Å². The Bertz CT molecular complexity index is 261. The molecule has 0 aliphatic heterocycles. The average Bonchev–Trinajstić information content (AvgIpc) is 2.09. The molecule has 0 atom stereocenters. The highest BCUT2D eigenvalue weighted by atomic mass is 35.5. The zero-order valence-electron chi connectivity index (χ0n) is 6.88. The molecular weight excluding hydrogens is 176 g/mol. The zero-order chi connectivity index (χ0) is 8.97. The molecule has 0 saturated heterocycles. The van der Waals surface area contributed by atoms with Crippen LogP contribution < -0.4 is 4.74 Å². The maximum Gasteiger partial charge on any atom is 0.161 e. The summed E-state index contributed by atoms with van der Waals surface area (Å²) in [6, 6.07) is 5.10. The number of ether oxygens (including phenoxy) is 1. The number of phenolic OH excluding ortho intramolecular Hbond substituents is 1. The first-order valence-electron chi connectivity index (χ1n) is 3.78. The number of hydrogen-bond donors (Lipinski definition) is 1. The quantitative estimate of drug-likeness (QED) is 0.736. The standard InChI is InChI=1S/C9H11ClO2/c1-2-12-9-5-7(6-10)3-4-8(9)11/h3-5,11H,2,6H2,1H3. The molecule has 0 saturated carbocycles. The number of aromatic hydroxyl groups is 1. The van der Waals surface area contributed by atoms with Gasteiger partial charge in [-0.2, -0.15) is 0 Å². The Morgan fingerprint density at radius 3 is 2.83 bits per heavy atom. The van der Waals surface area contributed by atoms with Crippen LogP contribution in [0.2, 0.25) is 0 Å². The molecule has 66 valence electrons. The summed E-state index contributed by atoms with van der Waals surface area (Å²) in [5, 5.41) is 9.29. The number of phenols is 1. The van der Waals surface area contributed by atoms with Gasteiger partial charge in [-0.15, -0.1) is 11.6 Å². The van der Waals surface area contributed by atoms with Gasteiger partial charge in [-0.05, 0) is 24.6 Å². The number of halogens is 1. The molecule has 3 heteroatoms. The molecule has 0 amide bonds. The third-order valence-electron chi connectivity index (χ3n) is 1.48. The van der Waals surface area contributed by atoms with E-state index >= 15 is 0 Å². The number of rotatable bonds is 3. The van der Waals surface area contributed by atoms with Crippen molar-refractivity contribution in [2.45, 2.75) is 12.8 Å². The second-order valence-corrected chi connectivity index (χ2v) is 2.64. The highest BCUT2D eigenvalue weighted by Crippen LogP contribution is 2.27. The van der Waals surface area contributed by atoms with Gasteiger partial charge in [0.25, 0.3) is 0 Å². The van der Waals surface area contributed by atoms with Crippen LogP contribution in [0.15, 0.2) is 18.2 Å². The molecule has 0 spiro atoms. The maximum absolute atomic E-state index is 9.29. The number of hydrogen-bond acceptors (Lipinski definition) is 2. The lowest BCUT2D eigenvalue weighted by Crippen LogP contribution is -1.92. The largest absolute Gasteiger partial charge is 0.504 e. The summed E-state index contributed by atoms with van der Waals surface area (Å²) in [6.07, 6.45) is 0. The molecule has 12 heavy (non-hydrogen) atoms. The predicted molar refractivity (Wildman–Crippen MR) is 48.8 cm³/mol. The van der Waals surface area contributed by atoms with Crippen LogP contribution in [-0.4, -0.2) is 11.7 Å². The topological polar surface area (TPSA) is 29.5 Å². The second-order valence-electron chi connectivity index (χ2n) is 2.37. The smallest absolute Gasteiger partial charge is 0.161 e. The van der Waals surface area contributed by atoms with E-state index in [9.17, 15) is 5.11 Å². The van der Waals surface area contributed by atoms with Crippen LogP contribution in [0.25, 0.3) is 0 Å². The van der Waals surface area contributed by atoms with Gasteiger partial charge in [-0.25, -0.2) is 0 Å². The minimum absolute atomic E-state index is 0.158. The van der Waals surface area contributed by atoms with E-state index in [0.29, 0.717) is 18.2 Å². The molecule has 0 aromatic heterocycles. The normalized spacial score (nSPS) is 9.83. The van der Waals surface area contributed by atoms with Gasteiger partial charge < -0.3 is 9.84 Å². The van der Waals surface area contributed by atoms with Gasteiger partial charge in [0.2, 0.25) is 0 Å². The van der Waals surface area contributed by atoms with Gasteiger partial charge >= 0.3 is 0 Å². The molecule has 2 nitrogen and oxygen atoms in total. The molecule has 1 aromatic carbocycles. The van der Waals surface area contributed by atoms with Crippen LogP contribution in [0.4, 0.5) is 0 Å². The summed E-state index contributed by atoms with van der Waals surface area (Å²) in [5.41, 5.74) is 0.943. The summed E-state index contributed by atoms with van der Waals surface area (Å²) in [7, 11) is 0. The van der Waals surface area contributed by atoms with Gasteiger partial charge in [0.05, 0.1) is 6.61 Å². The van der Waals surface area contributed by atoms with E-state index in [1.165, 1.54) is 0 Å². The fourth-order valence-corrected chi connectivity index (χ4v) is 1.08. The van der Waals surface area contributed by atoms with E-state index in [-0.39, 0.29) is 5.75 Å². The summed E-state index contributed by atoms with van der Waals surface area (Å²) < 4.78 is 5.17. The van der Waals surface area contributed by atoms with Crippen molar-refractivity contribution < 1.29 is 9.84 Å². The minimum Gasteiger partial charge on any atom is -0.504 e. The van der Waals surface area contributed by atoms with Gasteiger partial charge in [0.15, 0.2) is 11.5 Å². The van der Waals surface area contributed by atoms with Crippen molar-refractivity contribution in [1.29, 1.82) is 0 Å². The summed E-state index contributed by atoms with van der Waals surface area (Å²) in [6.45, 7) is 2.41. The van der Waals surface area contributed by atoms with Crippen LogP contribution in [0.1, 0.15) is 12.5 Å². The lowest BCUT2D eigenvalue weighted by atomic mass is 10.2. The molecule has 1 N–H and O–H groups in total. The predicted octanol–water partition coefficient (Wildman–Crippen LogP) is 2.53. The minimum atomic E-state index is 0.158. The molecular formula is C9H11ClO2. The molecule has 0 heterocycles. The summed E-state index contributed by atoms with van der Waals surface area (Å²) in [5.74, 6) is 1.08. The Kier molecular flexibility index (Phi) is 3.23. The van der Waals surface area contributed by atoms with E-state index in [2.05, 4.69) is 0 Å². The van der Waals surface area contributed by atoms with Crippen LogP contribution in [0, 0.1) is 0 Å². The lowest BCUT2D eigenvalue weighted by Gasteiger charge is -2.06. The van der Waals surface area contributed by atoms with E-state index in [0.717, 1.165) is 5.56 Å². The molecule has 1 aromatic rings. The first-order valence-corrected chi connectivity index (χ1v) is 4.32. The third-order valence-corrected chi connectivity index (χ3v) is 1.79. The Balaban J connectivity index is 2.91. The van der Waals surface area contributed by atoms with E-state index < -0.39 is 0 Å². The van der Waals surface area contributed by atoms with Crippen LogP contribution in [0.3, 0.4) is 0 Å². The summed E-state index contributed by atoms with van der Waals surface area (Å²) >= 11 is 5.61. The Morgan fingerprint density at radius 2 is 2.25 bits per heavy atom. The molecule has 0 bridgehead atoms. The molecule has 1 rings (SSSR count). The van der Waals surface area contributed by atoms with Crippen LogP contribution in [0.5, 0.6) is 11.5 Å². The molecule has 0 radical (unpaired) electrons. The SMILES string of the molecule is CCOc1cc(CCl)ccc1O. The van der Waals surface area contributed by atoms with Crippen molar-refractivity contribution in [3.63, 3.8) is 0 Å². The molecule has 0 aliphatic rings. The zero-order valence-corrected chi connectivity index (χ0v) is 7.64. The average molecular weight is 187 g/mol. The van der Waals surface area contributed by atoms with Crippen molar-refractivity contribution in [1.82, 2.24) is 0 Å². The van der Waals surface area contributed by atoms with E-state index in [4.69, 9.17) is 16.3 Å². The van der Waals surface area contributed by atoms with Crippen molar-refractivity contribution >= 4 is 11.6 Å². The van der Waals surface area contributed by atoms with E-state index in [1.54, 1.807) is 18.2 Å². The molecule has 0 aliphatic carbocycles. The second kappa shape index (κ2) is 4.21. The molecule has 0 fully saturated rings. The van der Waals surface area contributed by atoms with Gasteiger partial charge in [-0.1, -0.05) is 6.07 Å². The Hall–Kier alpha value is -0.890. The highest BCUT2D eigenvalue weighted by molar-refractivity contribution is 6.17. The third kappa shape index (κ3) is 2.05. The van der Waals surface area contributed by atoms with Gasteiger partial charge in [0.1, 0.15) is 0 Å². The van der Waals surface area contributed by atoms with Crippen molar-refractivity contribution in [3.05, 3.63) is 23.8 Å². The first kappa shape index (κ1) is 9.20. The fraction of sp³-hybridized carbons (Fsp3) is 0.333. The van der Waals surface area contributed by atoms with Crippen LogP contribution in [-0.2, 0) is 5.88 Å². The first-order chi connectivity index (χ1) is 5.77. The van der Waals surface area contributed by atoms with Crippen molar-refractivity contribution in [2.24, 2.45) is 0 Å². The monoisotopic (exact) mass is 186 g/mol.